The van der Waals surface area contributed by atoms with Gasteiger partial charge in [0.25, 0.3) is 0 Å². The number of aliphatic hydroxyl groups is 1. The van der Waals surface area contributed by atoms with E-state index in [-0.39, 0.29) is 10.6 Å². The van der Waals surface area contributed by atoms with Crippen molar-refractivity contribution in [1.29, 1.82) is 5.26 Å². The summed E-state index contributed by atoms with van der Waals surface area (Å²) in [6.07, 6.45) is -1.50. The summed E-state index contributed by atoms with van der Waals surface area (Å²) in [5, 5.41) is 17.4. The summed E-state index contributed by atoms with van der Waals surface area (Å²) in [5.74, 6) is -0.670. The molecule has 0 aliphatic carbocycles. The van der Waals surface area contributed by atoms with Gasteiger partial charge in [-0.15, -0.1) is 0 Å². The summed E-state index contributed by atoms with van der Waals surface area (Å²) in [6, 6.07) is 5.46. The van der Waals surface area contributed by atoms with Crippen LogP contribution in [0.1, 0.15) is 11.7 Å². The van der Waals surface area contributed by atoms with Crippen molar-refractivity contribution in [3.8, 4) is 6.07 Å². The Morgan fingerprint density at radius 3 is 2.75 bits per heavy atom. The molecule has 1 unspecified atom stereocenters. The molecule has 2 nitrogen and oxygen atoms in total. The number of nitrogens with zero attached hydrogens (tertiary/aromatic N) is 1. The van der Waals surface area contributed by atoms with Gasteiger partial charge in [-0.25, -0.2) is 4.39 Å². The largest absolute Gasteiger partial charge is 0.374 e. The minimum atomic E-state index is -1.50. The summed E-state index contributed by atoms with van der Waals surface area (Å²) in [7, 11) is 0. The fraction of sp³-hybridized carbons (Fsp3) is 0.125. The number of rotatable bonds is 1. The molecule has 0 saturated heterocycles. The molecule has 0 spiro atoms. The summed E-state index contributed by atoms with van der Waals surface area (Å²) in [4.78, 5) is 0. The van der Waals surface area contributed by atoms with Gasteiger partial charge in [-0.05, 0) is 12.1 Å². The van der Waals surface area contributed by atoms with Crippen molar-refractivity contribution in [1.82, 2.24) is 0 Å². The second-order valence-electron chi connectivity index (χ2n) is 2.17. The number of aliphatic hydroxyl groups excluding tert-OH is 1. The maximum absolute atomic E-state index is 12.9. The van der Waals surface area contributed by atoms with Gasteiger partial charge >= 0.3 is 0 Å². The molecule has 0 bridgehead atoms. The first-order chi connectivity index (χ1) is 5.66. The highest BCUT2D eigenvalue weighted by atomic mass is 35.5. The molecule has 0 aromatic heterocycles. The van der Waals surface area contributed by atoms with Crippen LogP contribution in [0.4, 0.5) is 4.39 Å². The van der Waals surface area contributed by atoms with E-state index in [2.05, 4.69) is 0 Å². The van der Waals surface area contributed by atoms with Crippen molar-refractivity contribution in [3.05, 3.63) is 34.6 Å². The molecular weight excluding hydrogens is 181 g/mol. The van der Waals surface area contributed by atoms with Gasteiger partial charge < -0.3 is 5.11 Å². The van der Waals surface area contributed by atoms with E-state index >= 15 is 0 Å². The highest BCUT2D eigenvalue weighted by Gasteiger charge is 2.14. The number of hydrogen-bond acceptors (Lipinski definition) is 2. The monoisotopic (exact) mass is 185 g/mol. The van der Waals surface area contributed by atoms with Crippen molar-refractivity contribution >= 4 is 11.6 Å². The Morgan fingerprint density at radius 1 is 1.58 bits per heavy atom. The van der Waals surface area contributed by atoms with Crippen LogP contribution in [-0.2, 0) is 0 Å². The summed E-state index contributed by atoms with van der Waals surface area (Å²) < 4.78 is 12.9. The smallest absolute Gasteiger partial charge is 0.170 e. The fourth-order valence-electron chi connectivity index (χ4n) is 0.836. The Balaban J connectivity index is 3.23. The molecule has 0 radical (unpaired) electrons. The standard InChI is InChI=1S/C8H5ClFNO/c9-5-2-1-3-6(10)8(5)7(12)4-11/h1-3,7,12H. The SMILES string of the molecule is N#CC(O)c1c(F)cccc1Cl. The van der Waals surface area contributed by atoms with Crippen LogP contribution in [0.3, 0.4) is 0 Å². The zero-order valence-corrected chi connectivity index (χ0v) is 6.72. The van der Waals surface area contributed by atoms with Crippen LogP contribution in [0, 0.1) is 17.1 Å². The van der Waals surface area contributed by atoms with Gasteiger partial charge in [0.15, 0.2) is 6.10 Å². The number of hydrogen-bond donors (Lipinski definition) is 1. The van der Waals surface area contributed by atoms with Gasteiger partial charge in [0.1, 0.15) is 5.82 Å². The summed E-state index contributed by atoms with van der Waals surface area (Å²) >= 11 is 5.55. The van der Waals surface area contributed by atoms with Crippen molar-refractivity contribution in [3.63, 3.8) is 0 Å². The van der Waals surface area contributed by atoms with E-state index in [9.17, 15) is 4.39 Å². The molecule has 1 aromatic carbocycles. The Kier molecular flexibility index (Phi) is 2.64. The third-order valence-corrected chi connectivity index (χ3v) is 1.73. The van der Waals surface area contributed by atoms with E-state index in [0.717, 1.165) is 6.07 Å². The third-order valence-electron chi connectivity index (χ3n) is 1.40. The van der Waals surface area contributed by atoms with Crippen LogP contribution in [0.15, 0.2) is 18.2 Å². The molecule has 0 aliphatic rings. The topological polar surface area (TPSA) is 44.0 Å². The van der Waals surface area contributed by atoms with Gasteiger partial charge in [-0.2, -0.15) is 5.26 Å². The Bertz CT molecular complexity index is 314. The third kappa shape index (κ3) is 1.55. The zero-order chi connectivity index (χ0) is 9.14. The van der Waals surface area contributed by atoms with E-state index < -0.39 is 11.9 Å². The molecule has 4 heteroatoms. The lowest BCUT2D eigenvalue weighted by atomic mass is 10.1. The summed E-state index contributed by atoms with van der Waals surface area (Å²) in [5.41, 5.74) is -0.165. The van der Waals surface area contributed by atoms with Gasteiger partial charge in [0, 0.05) is 5.56 Å². The highest BCUT2D eigenvalue weighted by Crippen LogP contribution is 2.24. The lowest BCUT2D eigenvalue weighted by molar-refractivity contribution is 0.230. The van der Waals surface area contributed by atoms with Crippen LogP contribution in [0.2, 0.25) is 5.02 Å². The normalized spacial score (nSPS) is 12.2. The molecule has 12 heavy (non-hydrogen) atoms. The molecule has 0 saturated carbocycles. The van der Waals surface area contributed by atoms with E-state index in [1.807, 2.05) is 0 Å². The lowest BCUT2D eigenvalue weighted by Crippen LogP contribution is -1.98. The fourth-order valence-corrected chi connectivity index (χ4v) is 1.10. The first kappa shape index (κ1) is 8.98. The van der Waals surface area contributed by atoms with Crippen molar-refractivity contribution in [2.75, 3.05) is 0 Å². The van der Waals surface area contributed by atoms with Crippen LogP contribution >= 0.6 is 11.6 Å². The molecule has 62 valence electrons. The Labute approximate surface area is 73.8 Å². The van der Waals surface area contributed by atoms with Crippen LogP contribution in [0.5, 0.6) is 0 Å². The van der Waals surface area contributed by atoms with Gasteiger partial charge in [-0.1, -0.05) is 17.7 Å². The van der Waals surface area contributed by atoms with Gasteiger partial charge in [-0.3, -0.25) is 0 Å². The highest BCUT2D eigenvalue weighted by molar-refractivity contribution is 6.31. The quantitative estimate of drug-likeness (QED) is 0.681. The van der Waals surface area contributed by atoms with Gasteiger partial charge in [0.2, 0.25) is 0 Å². The molecule has 1 rings (SSSR count). The van der Waals surface area contributed by atoms with Crippen LogP contribution in [-0.4, -0.2) is 5.11 Å². The van der Waals surface area contributed by atoms with E-state index in [0.29, 0.717) is 0 Å². The number of nitriles is 1. The van der Waals surface area contributed by atoms with Crippen LogP contribution < -0.4 is 0 Å². The first-order valence-corrected chi connectivity index (χ1v) is 3.56. The maximum atomic E-state index is 12.9. The lowest BCUT2D eigenvalue weighted by Gasteiger charge is -2.05. The average molecular weight is 186 g/mol. The molecule has 1 N–H and O–H groups in total. The van der Waals surface area contributed by atoms with E-state index in [1.54, 1.807) is 0 Å². The molecule has 0 amide bonds. The molecule has 0 fully saturated rings. The van der Waals surface area contributed by atoms with Crippen molar-refractivity contribution < 1.29 is 9.50 Å². The molecule has 0 heterocycles. The molecular formula is C8H5ClFNO. The predicted molar refractivity (Wildman–Crippen MR) is 42.0 cm³/mol. The summed E-state index contributed by atoms with van der Waals surface area (Å²) in [6.45, 7) is 0. The molecule has 1 aromatic rings. The zero-order valence-electron chi connectivity index (χ0n) is 5.96. The minimum absolute atomic E-state index is 0.0593. The average Bonchev–Trinajstić information content (AvgIpc) is 2.03. The van der Waals surface area contributed by atoms with Crippen LogP contribution in [0.25, 0.3) is 0 Å². The Hall–Kier alpha value is -1.11. The Morgan fingerprint density at radius 2 is 2.25 bits per heavy atom. The second-order valence-corrected chi connectivity index (χ2v) is 2.57. The molecule has 0 aliphatic heterocycles. The first-order valence-electron chi connectivity index (χ1n) is 3.18. The predicted octanol–water partition coefficient (Wildman–Crippen LogP) is 2.04. The van der Waals surface area contributed by atoms with E-state index in [4.69, 9.17) is 22.0 Å². The minimum Gasteiger partial charge on any atom is -0.374 e. The van der Waals surface area contributed by atoms with Crippen molar-refractivity contribution in [2.24, 2.45) is 0 Å². The maximum Gasteiger partial charge on any atom is 0.170 e. The van der Waals surface area contributed by atoms with E-state index in [1.165, 1.54) is 18.2 Å². The number of benzene rings is 1. The number of halogens is 2. The van der Waals surface area contributed by atoms with Crippen molar-refractivity contribution in [2.45, 2.75) is 6.10 Å². The second kappa shape index (κ2) is 3.53. The van der Waals surface area contributed by atoms with Gasteiger partial charge in [0.05, 0.1) is 11.1 Å². The molecule has 1 atom stereocenters.